The number of hydrogen-bond acceptors (Lipinski definition) is 4. The number of hydrogen-bond donors (Lipinski definition) is 1. The van der Waals surface area contributed by atoms with Crippen molar-refractivity contribution < 1.29 is 14.6 Å². The summed E-state index contributed by atoms with van der Waals surface area (Å²) in [6.07, 6.45) is 0. The summed E-state index contributed by atoms with van der Waals surface area (Å²) in [5.41, 5.74) is 1.36. The number of esters is 1. The highest BCUT2D eigenvalue weighted by Crippen LogP contribution is 2.27. The Bertz CT molecular complexity index is 502. The number of ether oxygens (including phenoxy) is 1. The van der Waals surface area contributed by atoms with Gasteiger partial charge in [-0.25, -0.2) is 4.79 Å². The van der Waals surface area contributed by atoms with Gasteiger partial charge in [0, 0.05) is 4.70 Å². The van der Waals surface area contributed by atoms with Crippen molar-refractivity contribution in [2.45, 2.75) is 6.61 Å². The highest BCUT2D eigenvalue weighted by Gasteiger charge is 2.09. The zero-order valence-corrected chi connectivity index (χ0v) is 9.00. The minimum absolute atomic E-state index is 0.00930. The van der Waals surface area contributed by atoms with E-state index in [9.17, 15) is 4.79 Å². The maximum atomic E-state index is 11.3. The maximum absolute atomic E-state index is 11.3. The molecule has 0 saturated heterocycles. The van der Waals surface area contributed by atoms with Gasteiger partial charge in [-0.2, -0.15) is 0 Å². The monoisotopic (exact) mass is 222 g/mol. The number of methoxy groups -OCH3 is 1. The van der Waals surface area contributed by atoms with E-state index in [1.165, 1.54) is 7.11 Å². The topological polar surface area (TPSA) is 46.5 Å². The van der Waals surface area contributed by atoms with Crippen molar-refractivity contribution in [3.63, 3.8) is 0 Å². The molecule has 0 bridgehead atoms. The summed E-state index contributed by atoms with van der Waals surface area (Å²) >= 11 is 1.55. The van der Waals surface area contributed by atoms with Gasteiger partial charge >= 0.3 is 5.97 Å². The zero-order valence-electron chi connectivity index (χ0n) is 8.19. The van der Waals surface area contributed by atoms with Crippen LogP contribution in [0.1, 0.15) is 15.9 Å². The second-order valence-electron chi connectivity index (χ2n) is 3.12. The van der Waals surface area contributed by atoms with Crippen LogP contribution in [0.15, 0.2) is 23.6 Å². The quantitative estimate of drug-likeness (QED) is 0.792. The summed E-state index contributed by atoms with van der Waals surface area (Å²) in [6.45, 7) is -0.00930. The zero-order chi connectivity index (χ0) is 10.8. The molecule has 0 radical (unpaired) electrons. The fraction of sp³-hybridized carbons (Fsp3) is 0.182. The molecule has 0 unspecified atom stereocenters. The number of rotatable bonds is 2. The van der Waals surface area contributed by atoms with Gasteiger partial charge in [0.25, 0.3) is 0 Å². The van der Waals surface area contributed by atoms with Crippen molar-refractivity contribution in [2.24, 2.45) is 0 Å². The molecule has 0 amide bonds. The lowest BCUT2D eigenvalue weighted by molar-refractivity contribution is 0.0601. The first-order chi connectivity index (χ1) is 7.26. The van der Waals surface area contributed by atoms with E-state index in [-0.39, 0.29) is 12.6 Å². The molecule has 15 heavy (non-hydrogen) atoms. The lowest BCUT2D eigenvalue weighted by Gasteiger charge is -1.99. The minimum Gasteiger partial charge on any atom is -0.465 e. The highest BCUT2D eigenvalue weighted by atomic mass is 32.1. The molecule has 0 fully saturated rings. The Morgan fingerprint density at radius 1 is 1.53 bits per heavy atom. The molecule has 0 aliphatic rings. The Morgan fingerprint density at radius 2 is 2.33 bits per heavy atom. The molecule has 78 valence electrons. The molecule has 0 atom stereocenters. The lowest BCUT2D eigenvalue weighted by Crippen LogP contribution is -2.00. The van der Waals surface area contributed by atoms with Crippen LogP contribution in [0.2, 0.25) is 0 Å². The molecular weight excluding hydrogens is 212 g/mol. The van der Waals surface area contributed by atoms with Crippen LogP contribution in [0.25, 0.3) is 10.1 Å². The lowest BCUT2D eigenvalue weighted by atomic mass is 10.1. The van der Waals surface area contributed by atoms with Gasteiger partial charge in [0.15, 0.2) is 0 Å². The Kier molecular flexibility index (Phi) is 2.70. The summed E-state index contributed by atoms with van der Waals surface area (Å²) in [7, 11) is 1.35. The number of carbonyl (C=O) groups is 1. The molecule has 1 heterocycles. The predicted octanol–water partition coefficient (Wildman–Crippen LogP) is 2.18. The van der Waals surface area contributed by atoms with Crippen LogP contribution in [0, 0.1) is 0 Å². The molecule has 1 aromatic carbocycles. The van der Waals surface area contributed by atoms with E-state index >= 15 is 0 Å². The van der Waals surface area contributed by atoms with Crippen molar-refractivity contribution >= 4 is 27.4 Å². The van der Waals surface area contributed by atoms with Crippen molar-refractivity contribution in [1.29, 1.82) is 0 Å². The molecule has 1 N–H and O–H groups in total. The molecule has 0 saturated carbocycles. The Labute approximate surface area is 90.9 Å². The number of thiophene rings is 1. The second kappa shape index (κ2) is 4.00. The number of aliphatic hydroxyl groups excluding tert-OH is 1. The van der Waals surface area contributed by atoms with E-state index in [0.29, 0.717) is 5.56 Å². The van der Waals surface area contributed by atoms with Crippen LogP contribution in [0.5, 0.6) is 0 Å². The maximum Gasteiger partial charge on any atom is 0.337 e. The molecule has 2 rings (SSSR count). The molecular formula is C11H10O3S. The molecule has 0 spiro atoms. The molecule has 3 nitrogen and oxygen atoms in total. The first-order valence-corrected chi connectivity index (χ1v) is 5.33. The summed E-state index contributed by atoms with van der Waals surface area (Å²) in [6, 6.07) is 5.35. The number of fused-ring (bicyclic) bond motifs is 1. The van der Waals surface area contributed by atoms with Gasteiger partial charge in [-0.3, -0.25) is 0 Å². The van der Waals surface area contributed by atoms with Gasteiger partial charge in [-0.05, 0) is 34.5 Å². The smallest absolute Gasteiger partial charge is 0.337 e. The van der Waals surface area contributed by atoms with Crippen LogP contribution < -0.4 is 0 Å². The average molecular weight is 222 g/mol. The average Bonchev–Trinajstić information content (AvgIpc) is 2.69. The van der Waals surface area contributed by atoms with Crippen LogP contribution in [0.3, 0.4) is 0 Å². The number of benzene rings is 1. The summed E-state index contributed by atoms with van der Waals surface area (Å²) < 4.78 is 5.70. The van der Waals surface area contributed by atoms with Gasteiger partial charge in [0.05, 0.1) is 19.3 Å². The molecule has 2 aromatic rings. The molecule has 1 aromatic heterocycles. The molecule has 4 heteroatoms. The van der Waals surface area contributed by atoms with Gasteiger partial charge in [-0.15, -0.1) is 11.3 Å². The molecule has 0 aliphatic carbocycles. The highest BCUT2D eigenvalue weighted by molar-refractivity contribution is 7.17. The third-order valence-corrected chi connectivity index (χ3v) is 3.26. The Morgan fingerprint density at radius 3 is 3.00 bits per heavy atom. The van der Waals surface area contributed by atoms with Crippen molar-refractivity contribution in [3.8, 4) is 0 Å². The fourth-order valence-electron chi connectivity index (χ4n) is 1.45. The summed E-state index contributed by atoms with van der Waals surface area (Å²) in [4.78, 5) is 11.3. The Hall–Kier alpha value is -1.39. The number of carbonyl (C=O) groups excluding carboxylic acids is 1. The third kappa shape index (κ3) is 1.73. The second-order valence-corrected chi connectivity index (χ2v) is 4.03. The standard InChI is InChI=1S/C11H10O3S/c1-14-11(13)7-2-3-10-9(4-7)8(5-12)6-15-10/h2-4,6,12H,5H2,1H3. The summed E-state index contributed by atoms with van der Waals surface area (Å²) in [5, 5.41) is 11.9. The number of aliphatic hydroxyl groups is 1. The largest absolute Gasteiger partial charge is 0.465 e. The van der Waals surface area contributed by atoms with Crippen LogP contribution in [-0.2, 0) is 11.3 Å². The predicted molar refractivity (Wildman–Crippen MR) is 59.1 cm³/mol. The SMILES string of the molecule is COC(=O)c1ccc2scc(CO)c2c1. The Balaban J connectivity index is 2.57. The van der Waals surface area contributed by atoms with Crippen molar-refractivity contribution in [3.05, 3.63) is 34.7 Å². The van der Waals surface area contributed by atoms with Gasteiger partial charge < -0.3 is 9.84 Å². The van der Waals surface area contributed by atoms with E-state index in [1.54, 1.807) is 23.5 Å². The van der Waals surface area contributed by atoms with Crippen LogP contribution in [0.4, 0.5) is 0 Å². The van der Waals surface area contributed by atoms with E-state index in [2.05, 4.69) is 4.74 Å². The fourth-order valence-corrected chi connectivity index (χ4v) is 2.38. The summed E-state index contributed by atoms with van der Waals surface area (Å²) in [5.74, 6) is -0.355. The third-order valence-electron chi connectivity index (χ3n) is 2.25. The van der Waals surface area contributed by atoms with E-state index in [4.69, 9.17) is 5.11 Å². The van der Waals surface area contributed by atoms with Gasteiger partial charge in [0.1, 0.15) is 0 Å². The van der Waals surface area contributed by atoms with Gasteiger partial charge in [-0.1, -0.05) is 0 Å². The molecule has 0 aliphatic heterocycles. The van der Waals surface area contributed by atoms with Crippen molar-refractivity contribution in [1.82, 2.24) is 0 Å². The van der Waals surface area contributed by atoms with Crippen LogP contribution >= 0.6 is 11.3 Å². The van der Waals surface area contributed by atoms with E-state index < -0.39 is 0 Å². The normalized spacial score (nSPS) is 10.5. The van der Waals surface area contributed by atoms with Crippen molar-refractivity contribution in [2.75, 3.05) is 7.11 Å². The first-order valence-electron chi connectivity index (χ1n) is 4.45. The minimum atomic E-state index is -0.355. The van der Waals surface area contributed by atoms with Gasteiger partial charge in [0.2, 0.25) is 0 Å². The van der Waals surface area contributed by atoms with E-state index in [1.807, 2.05) is 11.4 Å². The van der Waals surface area contributed by atoms with E-state index in [0.717, 1.165) is 15.6 Å². The van der Waals surface area contributed by atoms with Crippen LogP contribution in [-0.4, -0.2) is 18.2 Å². The first kappa shape index (κ1) is 10.1.